The number of hydrogen-bond donors (Lipinski definition) is 0. The SMILES string of the molecule is COC(=O)c1ccc2c(=O)n(Cc3ccco3)c(SCc3cccnc3)nc2c1. The van der Waals surface area contributed by atoms with Crippen LogP contribution in [-0.4, -0.2) is 27.6 Å². The third kappa shape index (κ3) is 4.07. The van der Waals surface area contributed by atoms with Crippen molar-refractivity contribution in [1.82, 2.24) is 14.5 Å². The number of benzene rings is 1. The minimum atomic E-state index is -0.474. The Kier molecular flexibility index (Phi) is 5.44. The molecule has 0 saturated heterocycles. The highest BCUT2D eigenvalue weighted by atomic mass is 32.2. The van der Waals surface area contributed by atoms with Gasteiger partial charge in [-0.25, -0.2) is 9.78 Å². The van der Waals surface area contributed by atoms with Crippen molar-refractivity contribution >= 4 is 28.6 Å². The monoisotopic (exact) mass is 407 g/mol. The molecule has 0 radical (unpaired) electrons. The fourth-order valence-electron chi connectivity index (χ4n) is 2.88. The number of carbonyl (C=O) groups is 1. The summed E-state index contributed by atoms with van der Waals surface area (Å²) in [6.07, 6.45) is 5.06. The van der Waals surface area contributed by atoms with E-state index in [1.54, 1.807) is 47.5 Å². The Labute approximate surface area is 170 Å². The van der Waals surface area contributed by atoms with E-state index >= 15 is 0 Å². The summed E-state index contributed by atoms with van der Waals surface area (Å²) in [5, 5.41) is 0.958. The summed E-state index contributed by atoms with van der Waals surface area (Å²) in [6, 6.07) is 12.2. The van der Waals surface area contributed by atoms with Gasteiger partial charge in [0.1, 0.15) is 5.76 Å². The molecule has 0 aliphatic carbocycles. The van der Waals surface area contributed by atoms with Gasteiger partial charge in [0.2, 0.25) is 0 Å². The van der Waals surface area contributed by atoms with Crippen molar-refractivity contribution in [3.8, 4) is 0 Å². The van der Waals surface area contributed by atoms with Gasteiger partial charge in [-0.1, -0.05) is 17.8 Å². The molecular weight excluding hydrogens is 390 g/mol. The lowest BCUT2D eigenvalue weighted by Crippen LogP contribution is -2.24. The van der Waals surface area contributed by atoms with Crippen molar-refractivity contribution in [2.24, 2.45) is 0 Å². The van der Waals surface area contributed by atoms with Crippen LogP contribution in [0.5, 0.6) is 0 Å². The molecule has 0 aliphatic rings. The molecule has 0 saturated carbocycles. The summed E-state index contributed by atoms with van der Waals surface area (Å²) in [4.78, 5) is 33.8. The standard InChI is InChI=1S/C21H17N3O4S/c1-27-20(26)15-6-7-17-18(10-15)23-21(29-13-14-4-2-8-22-11-14)24(19(17)25)12-16-5-3-9-28-16/h2-11H,12-13H2,1H3. The van der Waals surface area contributed by atoms with E-state index in [-0.39, 0.29) is 12.1 Å². The quantitative estimate of drug-likeness (QED) is 0.275. The van der Waals surface area contributed by atoms with Crippen LogP contribution in [0.3, 0.4) is 0 Å². The molecule has 7 nitrogen and oxygen atoms in total. The number of furan rings is 1. The third-order valence-electron chi connectivity index (χ3n) is 4.33. The van der Waals surface area contributed by atoms with Crippen molar-refractivity contribution in [3.63, 3.8) is 0 Å². The number of nitrogens with zero attached hydrogens (tertiary/aromatic N) is 3. The molecule has 8 heteroatoms. The highest BCUT2D eigenvalue weighted by molar-refractivity contribution is 7.98. The van der Waals surface area contributed by atoms with Gasteiger partial charge in [0.25, 0.3) is 5.56 Å². The van der Waals surface area contributed by atoms with Crippen LogP contribution < -0.4 is 5.56 Å². The van der Waals surface area contributed by atoms with Gasteiger partial charge in [-0.05, 0) is 42.0 Å². The Morgan fingerprint density at radius 1 is 1.24 bits per heavy atom. The Hall–Kier alpha value is -3.39. The van der Waals surface area contributed by atoms with Crippen LogP contribution in [0, 0.1) is 0 Å². The molecule has 4 rings (SSSR count). The number of hydrogen-bond acceptors (Lipinski definition) is 7. The first kappa shape index (κ1) is 18.9. The molecule has 0 atom stereocenters. The summed E-state index contributed by atoms with van der Waals surface area (Å²) < 4.78 is 11.8. The lowest BCUT2D eigenvalue weighted by atomic mass is 10.1. The minimum absolute atomic E-state index is 0.198. The third-order valence-corrected chi connectivity index (χ3v) is 5.37. The van der Waals surface area contributed by atoms with Crippen LogP contribution in [0.4, 0.5) is 0 Å². The van der Waals surface area contributed by atoms with Crippen molar-refractivity contribution in [2.45, 2.75) is 17.5 Å². The second kappa shape index (κ2) is 8.32. The van der Waals surface area contributed by atoms with Crippen molar-refractivity contribution in [1.29, 1.82) is 0 Å². The molecule has 0 fully saturated rings. The Balaban J connectivity index is 1.79. The predicted octanol–water partition coefficient (Wildman–Crippen LogP) is 3.51. The van der Waals surface area contributed by atoms with Crippen LogP contribution >= 0.6 is 11.8 Å². The minimum Gasteiger partial charge on any atom is -0.467 e. The average molecular weight is 407 g/mol. The highest BCUT2D eigenvalue weighted by Gasteiger charge is 2.15. The predicted molar refractivity (Wildman–Crippen MR) is 109 cm³/mol. The Bertz CT molecular complexity index is 1200. The summed E-state index contributed by atoms with van der Waals surface area (Å²) in [5.41, 5.74) is 1.61. The first-order valence-electron chi connectivity index (χ1n) is 8.82. The van der Waals surface area contributed by atoms with Crippen LogP contribution in [0.15, 0.2) is 75.5 Å². The van der Waals surface area contributed by atoms with Gasteiger partial charge in [0, 0.05) is 18.1 Å². The fraction of sp³-hybridized carbons (Fsp3) is 0.143. The fourth-order valence-corrected chi connectivity index (χ4v) is 3.82. The number of methoxy groups -OCH3 is 1. The molecule has 29 heavy (non-hydrogen) atoms. The lowest BCUT2D eigenvalue weighted by Gasteiger charge is -2.12. The maximum absolute atomic E-state index is 13.2. The number of aromatic nitrogens is 3. The van der Waals surface area contributed by atoms with E-state index in [9.17, 15) is 9.59 Å². The van der Waals surface area contributed by atoms with Crippen LogP contribution in [-0.2, 0) is 17.0 Å². The molecule has 4 aromatic rings. The zero-order valence-electron chi connectivity index (χ0n) is 15.6. The lowest BCUT2D eigenvalue weighted by molar-refractivity contribution is 0.0601. The van der Waals surface area contributed by atoms with E-state index < -0.39 is 5.97 Å². The average Bonchev–Trinajstić information content (AvgIpc) is 3.27. The van der Waals surface area contributed by atoms with Crippen LogP contribution in [0.2, 0.25) is 0 Å². The molecule has 3 aromatic heterocycles. The molecule has 0 N–H and O–H groups in total. The van der Waals surface area contributed by atoms with E-state index in [1.165, 1.54) is 18.9 Å². The molecule has 0 unspecified atom stereocenters. The number of pyridine rings is 1. The van der Waals surface area contributed by atoms with Gasteiger partial charge >= 0.3 is 5.97 Å². The maximum Gasteiger partial charge on any atom is 0.337 e. The number of esters is 1. The van der Waals surface area contributed by atoms with Gasteiger partial charge in [-0.2, -0.15) is 0 Å². The number of thioether (sulfide) groups is 1. The van der Waals surface area contributed by atoms with E-state index in [1.807, 2.05) is 18.2 Å². The molecular formula is C21H17N3O4S. The summed E-state index contributed by atoms with van der Waals surface area (Å²) in [6.45, 7) is 0.267. The molecule has 0 amide bonds. The first-order chi connectivity index (χ1) is 14.2. The van der Waals surface area contributed by atoms with E-state index in [0.29, 0.717) is 33.1 Å². The molecule has 146 valence electrons. The van der Waals surface area contributed by atoms with Gasteiger partial charge in [0.15, 0.2) is 5.16 Å². The molecule has 0 bridgehead atoms. The van der Waals surface area contributed by atoms with Crippen molar-refractivity contribution < 1.29 is 13.9 Å². The molecule has 0 spiro atoms. The number of ether oxygens (including phenoxy) is 1. The Morgan fingerprint density at radius 2 is 2.14 bits per heavy atom. The summed E-state index contributed by atoms with van der Waals surface area (Å²) in [7, 11) is 1.32. The smallest absolute Gasteiger partial charge is 0.337 e. The highest BCUT2D eigenvalue weighted by Crippen LogP contribution is 2.23. The van der Waals surface area contributed by atoms with Crippen LogP contribution in [0.1, 0.15) is 21.7 Å². The number of rotatable bonds is 6. The molecule has 1 aromatic carbocycles. The van der Waals surface area contributed by atoms with E-state index in [0.717, 1.165) is 5.56 Å². The summed E-state index contributed by atoms with van der Waals surface area (Å²) >= 11 is 1.43. The van der Waals surface area contributed by atoms with Gasteiger partial charge < -0.3 is 9.15 Å². The summed E-state index contributed by atoms with van der Waals surface area (Å²) in [5.74, 6) is 0.779. The number of fused-ring (bicyclic) bond motifs is 1. The first-order valence-corrected chi connectivity index (χ1v) is 9.81. The van der Waals surface area contributed by atoms with Gasteiger partial charge in [-0.15, -0.1) is 0 Å². The zero-order chi connectivity index (χ0) is 20.2. The molecule has 3 heterocycles. The normalized spacial score (nSPS) is 10.9. The zero-order valence-corrected chi connectivity index (χ0v) is 16.4. The van der Waals surface area contributed by atoms with E-state index in [2.05, 4.69) is 9.97 Å². The van der Waals surface area contributed by atoms with Crippen molar-refractivity contribution in [2.75, 3.05) is 7.11 Å². The second-order valence-corrected chi connectivity index (χ2v) is 7.18. The topological polar surface area (TPSA) is 87.2 Å². The maximum atomic E-state index is 13.2. The van der Waals surface area contributed by atoms with Gasteiger partial charge in [-0.3, -0.25) is 14.3 Å². The largest absolute Gasteiger partial charge is 0.467 e. The second-order valence-electron chi connectivity index (χ2n) is 6.24. The number of carbonyl (C=O) groups excluding carboxylic acids is 1. The van der Waals surface area contributed by atoms with Gasteiger partial charge in [0.05, 0.1) is 36.4 Å². The Morgan fingerprint density at radius 3 is 2.86 bits per heavy atom. The van der Waals surface area contributed by atoms with Crippen LogP contribution in [0.25, 0.3) is 10.9 Å². The van der Waals surface area contributed by atoms with Crippen molar-refractivity contribution in [3.05, 3.63) is 88.4 Å². The molecule has 0 aliphatic heterocycles. The van der Waals surface area contributed by atoms with E-state index in [4.69, 9.17) is 9.15 Å².